The van der Waals surface area contributed by atoms with Crippen molar-refractivity contribution in [1.29, 1.82) is 0 Å². The van der Waals surface area contributed by atoms with Crippen molar-refractivity contribution in [3.8, 4) is 11.5 Å². The summed E-state index contributed by atoms with van der Waals surface area (Å²) in [6.45, 7) is 7.06. The molecule has 3 rings (SSSR count). The van der Waals surface area contributed by atoms with Gasteiger partial charge in [-0.3, -0.25) is 0 Å². The summed E-state index contributed by atoms with van der Waals surface area (Å²) in [7, 11) is 0. The molecule has 0 amide bonds. The average molecular weight is 338 g/mol. The Morgan fingerprint density at radius 2 is 1.96 bits per heavy atom. The quantitative estimate of drug-likeness (QED) is 0.489. The highest BCUT2D eigenvalue weighted by molar-refractivity contribution is 7.80. The molecule has 7 heteroatoms. The number of hydrogen-bond acceptors (Lipinski definition) is 4. The van der Waals surface area contributed by atoms with E-state index in [2.05, 4.69) is 10.6 Å². The first-order valence-electron chi connectivity index (χ1n) is 8.13. The highest BCUT2D eigenvalue weighted by Crippen LogP contribution is 2.32. The maximum Gasteiger partial charge on any atom is 0.231 e. The van der Waals surface area contributed by atoms with E-state index in [1.807, 2.05) is 18.2 Å². The minimum Gasteiger partial charge on any atom is -0.454 e. The molecule has 1 aromatic rings. The van der Waals surface area contributed by atoms with Gasteiger partial charge in [0, 0.05) is 19.5 Å². The number of thiocarbonyl (C=S) groups is 1. The minimum absolute atomic E-state index is 0.303. The van der Waals surface area contributed by atoms with Crippen LogP contribution >= 0.6 is 12.2 Å². The normalized spacial score (nSPS) is 17.0. The predicted octanol–water partition coefficient (Wildman–Crippen LogP) is -0.315. The molecule has 126 valence electrons. The van der Waals surface area contributed by atoms with Crippen LogP contribution in [-0.2, 0) is 11.3 Å². The van der Waals surface area contributed by atoms with Crippen molar-refractivity contribution >= 4 is 17.3 Å². The Balaban J connectivity index is 1.30. The van der Waals surface area contributed by atoms with Crippen LogP contribution in [0.15, 0.2) is 18.2 Å². The average Bonchev–Trinajstić information content (AvgIpc) is 3.05. The van der Waals surface area contributed by atoms with E-state index in [4.69, 9.17) is 26.4 Å². The van der Waals surface area contributed by atoms with Crippen molar-refractivity contribution < 1.29 is 19.1 Å². The summed E-state index contributed by atoms with van der Waals surface area (Å²) in [5, 5.41) is 7.18. The van der Waals surface area contributed by atoms with Crippen LogP contribution in [0.3, 0.4) is 0 Å². The molecule has 0 unspecified atom stereocenters. The van der Waals surface area contributed by atoms with Crippen LogP contribution in [0.25, 0.3) is 0 Å². The van der Waals surface area contributed by atoms with Gasteiger partial charge < -0.3 is 29.7 Å². The number of ether oxygens (including phenoxy) is 3. The van der Waals surface area contributed by atoms with Crippen LogP contribution in [0.4, 0.5) is 0 Å². The van der Waals surface area contributed by atoms with Crippen LogP contribution in [0.2, 0.25) is 0 Å². The van der Waals surface area contributed by atoms with E-state index >= 15 is 0 Å². The van der Waals surface area contributed by atoms with Crippen LogP contribution in [0, 0.1) is 0 Å². The summed E-state index contributed by atoms with van der Waals surface area (Å²) in [5.41, 5.74) is 1.12. The fourth-order valence-electron chi connectivity index (χ4n) is 2.75. The van der Waals surface area contributed by atoms with E-state index in [0.717, 1.165) is 56.3 Å². The van der Waals surface area contributed by atoms with Crippen LogP contribution in [0.1, 0.15) is 12.0 Å². The zero-order valence-corrected chi connectivity index (χ0v) is 14.0. The van der Waals surface area contributed by atoms with Crippen molar-refractivity contribution in [3.63, 3.8) is 0 Å². The molecule has 0 bridgehead atoms. The first kappa shape index (κ1) is 16.3. The van der Waals surface area contributed by atoms with Gasteiger partial charge in [-0.1, -0.05) is 6.07 Å². The van der Waals surface area contributed by atoms with Gasteiger partial charge in [0.1, 0.15) is 13.1 Å². The van der Waals surface area contributed by atoms with E-state index < -0.39 is 0 Å². The first-order chi connectivity index (χ1) is 11.3. The van der Waals surface area contributed by atoms with Gasteiger partial charge in [-0.2, -0.15) is 0 Å². The van der Waals surface area contributed by atoms with Crippen molar-refractivity contribution in [2.24, 2.45) is 0 Å². The fraction of sp³-hybridized carbons (Fsp3) is 0.562. The van der Waals surface area contributed by atoms with E-state index in [1.165, 1.54) is 6.54 Å². The summed E-state index contributed by atoms with van der Waals surface area (Å²) < 4.78 is 16.0. The van der Waals surface area contributed by atoms with E-state index in [0.29, 0.717) is 18.5 Å². The molecule has 0 saturated carbocycles. The molecule has 2 heterocycles. The van der Waals surface area contributed by atoms with Gasteiger partial charge in [-0.25, -0.2) is 0 Å². The van der Waals surface area contributed by atoms with Gasteiger partial charge in [-0.15, -0.1) is 0 Å². The van der Waals surface area contributed by atoms with Crippen molar-refractivity contribution in [3.05, 3.63) is 23.8 Å². The Hall–Kier alpha value is -1.57. The van der Waals surface area contributed by atoms with Gasteiger partial charge in [0.25, 0.3) is 0 Å². The fourth-order valence-corrected chi connectivity index (χ4v) is 2.92. The van der Waals surface area contributed by atoms with Gasteiger partial charge in [-0.05, 0) is 29.9 Å². The summed E-state index contributed by atoms with van der Waals surface area (Å²) in [6, 6.07) is 5.94. The van der Waals surface area contributed by atoms with Crippen molar-refractivity contribution in [2.45, 2.75) is 13.0 Å². The minimum atomic E-state index is 0.303. The molecule has 1 aromatic carbocycles. The smallest absolute Gasteiger partial charge is 0.231 e. The standard InChI is InChI=1S/C16H23N3O3S/c23-16(17-4-1-5-19-6-8-20-9-7-19)18-11-13-2-3-14-15(10-13)22-12-21-14/h2-3,10H,1,4-9,11-12H2,(H2,17,18,23)/p+1. The Labute approximate surface area is 142 Å². The molecule has 6 nitrogen and oxygen atoms in total. The number of morpholine rings is 1. The van der Waals surface area contributed by atoms with Gasteiger partial charge >= 0.3 is 0 Å². The Morgan fingerprint density at radius 3 is 2.83 bits per heavy atom. The maximum atomic E-state index is 5.37. The number of quaternary nitrogens is 1. The molecule has 0 radical (unpaired) electrons. The maximum absolute atomic E-state index is 5.37. The monoisotopic (exact) mass is 338 g/mol. The van der Waals surface area contributed by atoms with Gasteiger partial charge in [0.2, 0.25) is 6.79 Å². The third kappa shape index (κ3) is 4.95. The predicted molar refractivity (Wildman–Crippen MR) is 91.0 cm³/mol. The number of nitrogens with one attached hydrogen (secondary N) is 3. The van der Waals surface area contributed by atoms with Crippen LogP contribution < -0.4 is 25.0 Å². The molecule has 0 aromatic heterocycles. The van der Waals surface area contributed by atoms with E-state index in [-0.39, 0.29) is 0 Å². The molecule has 2 aliphatic heterocycles. The molecular formula is C16H24N3O3S+. The van der Waals surface area contributed by atoms with E-state index in [9.17, 15) is 0 Å². The SMILES string of the molecule is S=C(NCCC[NH+]1CCOCC1)NCc1ccc2c(c1)OCO2. The second-order valence-corrected chi connectivity index (χ2v) is 6.17. The van der Waals surface area contributed by atoms with Crippen LogP contribution in [-0.4, -0.2) is 51.3 Å². The largest absolute Gasteiger partial charge is 0.454 e. The molecule has 1 saturated heterocycles. The molecule has 1 fully saturated rings. The highest BCUT2D eigenvalue weighted by Gasteiger charge is 2.14. The molecule has 23 heavy (non-hydrogen) atoms. The van der Waals surface area contributed by atoms with Crippen LogP contribution in [0.5, 0.6) is 11.5 Å². The molecule has 3 N–H and O–H groups in total. The lowest BCUT2D eigenvalue weighted by atomic mass is 10.2. The summed E-state index contributed by atoms with van der Waals surface area (Å²) in [6.07, 6.45) is 1.11. The van der Waals surface area contributed by atoms with E-state index in [1.54, 1.807) is 4.90 Å². The third-order valence-electron chi connectivity index (χ3n) is 4.08. The topological polar surface area (TPSA) is 56.2 Å². The zero-order valence-electron chi connectivity index (χ0n) is 13.2. The van der Waals surface area contributed by atoms with Crippen molar-refractivity contribution in [2.75, 3.05) is 46.2 Å². The number of hydrogen-bond donors (Lipinski definition) is 3. The number of benzene rings is 1. The highest BCUT2D eigenvalue weighted by atomic mass is 32.1. The molecular weight excluding hydrogens is 314 g/mol. The number of fused-ring (bicyclic) bond motifs is 1. The van der Waals surface area contributed by atoms with Gasteiger partial charge in [0.05, 0.1) is 19.8 Å². The Kier molecular flexibility index (Phi) is 5.90. The molecule has 0 spiro atoms. The third-order valence-corrected chi connectivity index (χ3v) is 4.37. The second-order valence-electron chi connectivity index (χ2n) is 5.76. The zero-order chi connectivity index (χ0) is 15.9. The summed E-state index contributed by atoms with van der Waals surface area (Å²) in [5.74, 6) is 1.61. The summed E-state index contributed by atoms with van der Waals surface area (Å²) >= 11 is 5.32. The summed E-state index contributed by atoms with van der Waals surface area (Å²) in [4.78, 5) is 1.62. The Morgan fingerprint density at radius 1 is 1.13 bits per heavy atom. The molecule has 2 aliphatic rings. The first-order valence-corrected chi connectivity index (χ1v) is 8.53. The lowest BCUT2D eigenvalue weighted by molar-refractivity contribution is -0.908. The molecule has 0 aliphatic carbocycles. The van der Waals surface area contributed by atoms with Crippen molar-refractivity contribution in [1.82, 2.24) is 10.6 Å². The number of rotatable bonds is 6. The Bertz CT molecular complexity index is 535. The lowest BCUT2D eigenvalue weighted by Gasteiger charge is -2.23. The second kappa shape index (κ2) is 8.33. The van der Waals surface area contributed by atoms with Gasteiger partial charge in [0.15, 0.2) is 16.6 Å². The molecule has 0 atom stereocenters. The lowest BCUT2D eigenvalue weighted by Crippen LogP contribution is -3.14.